The first-order valence-electron chi connectivity index (χ1n) is 13.2. The summed E-state index contributed by atoms with van der Waals surface area (Å²) in [5.41, 5.74) is -0.894. The van der Waals surface area contributed by atoms with E-state index in [2.05, 4.69) is 30.4 Å². The third kappa shape index (κ3) is 6.49. The standard InChI is InChI=1S/C27H29ClF3N7O2/c28-20-10-7-17(27(29,30)31)15-21(20)33-23(40)19-9-8-18(16-22(19)39)32-24-34-25(37-11-3-1-4-12-37)36-26(35-24)38-13-5-2-6-14-38/h7-10,15-16,39H,1-6,11-14H2,(H,33,40)(H,32,34,35,36). The number of phenolic OH excluding ortho intramolecular Hbond substituents is 1. The van der Waals surface area contributed by atoms with Gasteiger partial charge in [-0.2, -0.15) is 28.1 Å². The molecule has 2 aliphatic heterocycles. The molecule has 5 rings (SSSR count). The highest BCUT2D eigenvalue weighted by atomic mass is 35.5. The first kappa shape index (κ1) is 27.8. The van der Waals surface area contributed by atoms with E-state index in [-0.39, 0.29) is 22.0 Å². The molecule has 2 saturated heterocycles. The quantitative estimate of drug-likeness (QED) is 0.318. The Balaban J connectivity index is 1.36. The molecule has 0 saturated carbocycles. The van der Waals surface area contributed by atoms with Crippen LogP contribution in [0.5, 0.6) is 5.75 Å². The molecule has 3 heterocycles. The van der Waals surface area contributed by atoms with Gasteiger partial charge < -0.3 is 25.5 Å². The molecule has 2 fully saturated rings. The van der Waals surface area contributed by atoms with Gasteiger partial charge in [-0.05, 0) is 68.9 Å². The van der Waals surface area contributed by atoms with Gasteiger partial charge in [-0.25, -0.2) is 0 Å². The van der Waals surface area contributed by atoms with Crippen molar-refractivity contribution in [2.45, 2.75) is 44.7 Å². The first-order chi connectivity index (χ1) is 19.2. The van der Waals surface area contributed by atoms with E-state index >= 15 is 0 Å². The smallest absolute Gasteiger partial charge is 0.416 e. The van der Waals surface area contributed by atoms with Gasteiger partial charge in [-0.3, -0.25) is 4.79 Å². The van der Waals surface area contributed by atoms with Crippen LogP contribution in [0.1, 0.15) is 54.4 Å². The number of aromatic hydroxyl groups is 1. The third-order valence-corrected chi connectivity index (χ3v) is 7.26. The number of piperidine rings is 2. The lowest BCUT2D eigenvalue weighted by molar-refractivity contribution is -0.137. The van der Waals surface area contributed by atoms with Crippen LogP contribution >= 0.6 is 11.6 Å². The van der Waals surface area contributed by atoms with Gasteiger partial charge in [0, 0.05) is 37.9 Å². The molecule has 9 nitrogen and oxygen atoms in total. The van der Waals surface area contributed by atoms with Gasteiger partial charge in [0.25, 0.3) is 5.91 Å². The highest BCUT2D eigenvalue weighted by Crippen LogP contribution is 2.34. The normalized spacial score (nSPS) is 16.1. The van der Waals surface area contributed by atoms with Crippen LogP contribution < -0.4 is 20.4 Å². The van der Waals surface area contributed by atoms with Crippen LogP contribution in [0, 0.1) is 0 Å². The van der Waals surface area contributed by atoms with Crippen molar-refractivity contribution in [2.75, 3.05) is 46.6 Å². The van der Waals surface area contributed by atoms with E-state index in [0.717, 1.165) is 70.1 Å². The van der Waals surface area contributed by atoms with Gasteiger partial charge in [0.1, 0.15) is 5.75 Å². The average Bonchev–Trinajstić information content (AvgIpc) is 2.94. The minimum absolute atomic E-state index is 0.0667. The van der Waals surface area contributed by atoms with Crippen LogP contribution in [0.3, 0.4) is 0 Å². The van der Waals surface area contributed by atoms with E-state index < -0.39 is 17.6 Å². The predicted octanol–water partition coefficient (Wildman–Crippen LogP) is 6.23. The second kappa shape index (κ2) is 11.7. The summed E-state index contributed by atoms with van der Waals surface area (Å²) in [7, 11) is 0. The number of amides is 1. The molecule has 1 amide bonds. The van der Waals surface area contributed by atoms with E-state index in [1.165, 1.54) is 25.0 Å². The van der Waals surface area contributed by atoms with Crippen LogP contribution in [0.15, 0.2) is 36.4 Å². The zero-order chi connectivity index (χ0) is 28.3. The molecule has 3 aromatic rings. The second-order valence-corrected chi connectivity index (χ2v) is 10.3. The van der Waals surface area contributed by atoms with Gasteiger partial charge >= 0.3 is 6.18 Å². The minimum Gasteiger partial charge on any atom is -0.507 e. The molecule has 0 radical (unpaired) electrons. The maximum absolute atomic E-state index is 13.1. The summed E-state index contributed by atoms with van der Waals surface area (Å²) in [6.07, 6.45) is 2.01. The fourth-order valence-electron chi connectivity index (χ4n) is 4.80. The number of benzene rings is 2. The van der Waals surface area contributed by atoms with Crippen molar-refractivity contribution in [2.24, 2.45) is 0 Å². The lowest BCUT2D eigenvalue weighted by Gasteiger charge is -2.30. The molecule has 40 heavy (non-hydrogen) atoms. The molecule has 0 spiro atoms. The lowest BCUT2D eigenvalue weighted by atomic mass is 10.1. The van der Waals surface area contributed by atoms with E-state index in [1.54, 1.807) is 6.07 Å². The Labute approximate surface area is 234 Å². The Morgan fingerprint density at radius 2 is 1.45 bits per heavy atom. The van der Waals surface area contributed by atoms with Crippen molar-refractivity contribution in [3.63, 3.8) is 0 Å². The number of alkyl halides is 3. The summed E-state index contributed by atoms with van der Waals surface area (Å²) in [6, 6.07) is 6.85. The van der Waals surface area contributed by atoms with Crippen molar-refractivity contribution in [1.82, 2.24) is 15.0 Å². The second-order valence-electron chi connectivity index (χ2n) is 9.86. The average molecular weight is 576 g/mol. The van der Waals surface area contributed by atoms with E-state index in [1.807, 2.05) is 0 Å². The molecule has 0 unspecified atom stereocenters. The van der Waals surface area contributed by atoms with Crippen molar-refractivity contribution >= 4 is 46.7 Å². The fraction of sp³-hybridized carbons (Fsp3) is 0.407. The van der Waals surface area contributed by atoms with Crippen LogP contribution in [0.4, 0.5) is 42.4 Å². The number of nitrogens with zero attached hydrogens (tertiary/aromatic N) is 5. The number of aromatic nitrogens is 3. The third-order valence-electron chi connectivity index (χ3n) is 6.93. The lowest BCUT2D eigenvalue weighted by Crippen LogP contribution is -2.34. The maximum atomic E-state index is 13.1. The summed E-state index contributed by atoms with van der Waals surface area (Å²) in [6.45, 7) is 3.46. The zero-order valence-corrected chi connectivity index (χ0v) is 22.4. The molecule has 0 aliphatic carbocycles. The van der Waals surface area contributed by atoms with E-state index in [0.29, 0.717) is 23.5 Å². The molecule has 0 atom stereocenters. The Morgan fingerprint density at radius 1 is 0.850 bits per heavy atom. The Kier molecular flexibility index (Phi) is 8.15. The monoisotopic (exact) mass is 575 g/mol. The maximum Gasteiger partial charge on any atom is 0.416 e. The van der Waals surface area contributed by atoms with E-state index in [9.17, 15) is 23.1 Å². The Bertz CT molecular complexity index is 1340. The van der Waals surface area contributed by atoms with Crippen molar-refractivity contribution in [3.05, 3.63) is 52.5 Å². The minimum atomic E-state index is -4.60. The molecule has 2 aromatic carbocycles. The first-order valence-corrected chi connectivity index (χ1v) is 13.6. The van der Waals surface area contributed by atoms with Crippen LogP contribution in [0.25, 0.3) is 0 Å². The number of phenols is 1. The summed E-state index contributed by atoms with van der Waals surface area (Å²) >= 11 is 5.99. The number of hydrogen-bond acceptors (Lipinski definition) is 8. The molecular formula is C27H29ClF3N7O2. The number of carbonyl (C=O) groups excluding carboxylic acids is 1. The van der Waals surface area contributed by atoms with Crippen LogP contribution in [0.2, 0.25) is 5.02 Å². The molecule has 0 bridgehead atoms. The summed E-state index contributed by atoms with van der Waals surface area (Å²) in [5, 5.41) is 16.0. The molecule has 13 heteroatoms. The fourth-order valence-corrected chi connectivity index (χ4v) is 4.96. The number of rotatable bonds is 6. The number of hydrogen-bond donors (Lipinski definition) is 3. The molecule has 2 aliphatic rings. The molecule has 212 valence electrons. The van der Waals surface area contributed by atoms with Gasteiger partial charge in [0.15, 0.2) is 0 Å². The van der Waals surface area contributed by atoms with E-state index in [4.69, 9.17) is 16.6 Å². The predicted molar refractivity (Wildman–Crippen MR) is 148 cm³/mol. The van der Waals surface area contributed by atoms with Crippen molar-refractivity contribution in [1.29, 1.82) is 0 Å². The largest absolute Gasteiger partial charge is 0.507 e. The number of carbonyl (C=O) groups is 1. The number of halogens is 4. The number of anilines is 5. The Morgan fingerprint density at radius 3 is 2.00 bits per heavy atom. The topological polar surface area (TPSA) is 107 Å². The highest BCUT2D eigenvalue weighted by molar-refractivity contribution is 6.34. The summed E-state index contributed by atoms with van der Waals surface area (Å²) in [5.74, 6) is 0.299. The van der Waals surface area contributed by atoms with Crippen LogP contribution in [-0.4, -0.2) is 52.1 Å². The molecule has 1 aromatic heterocycles. The zero-order valence-electron chi connectivity index (χ0n) is 21.6. The molecule has 3 N–H and O–H groups in total. The van der Waals surface area contributed by atoms with Crippen LogP contribution in [-0.2, 0) is 6.18 Å². The number of nitrogens with one attached hydrogen (secondary N) is 2. The Hall–Kier alpha value is -3.80. The van der Waals surface area contributed by atoms with Gasteiger partial charge in [-0.15, -0.1) is 0 Å². The summed E-state index contributed by atoms with van der Waals surface area (Å²) in [4.78, 5) is 31.1. The van der Waals surface area contributed by atoms with Crippen molar-refractivity contribution < 1.29 is 23.1 Å². The van der Waals surface area contributed by atoms with Gasteiger partial charge in [-0.1, -0.05) is 11.6 Å². The SMILES string of the molecule is O=C(Nc1cc(C(F)(F)F)ccc1Cl)c1ccc(Nc2nc(N3CCCCC3)nc(N3CCCCC3)n2)cc1O. The van der Waals surface area contributed by atoms with Crippen molar-refractivity contribution in [3.8, 4) is 5.75 Å². The molecular weight excluding hydrogens is 547 g/mol. The highest BCUT2D eigenvalue weighted by Gasteiger charge is 2.31. The van der Waals surface area contributed by atoms with Gasteiger partial charge in [0.2, 0.25) is 17.8 Å². The summed E-state index contributed by atoms with van der Waals surface area (Å²) < 4.78 is 39.3. The van der Waals surface area contributed by atoms with Gasteiger partial charge in [0.05, 0.1) is 21.8 Å².